The summed E-state index contributed by atoms with van der Waals surface area (Å²) < 4.78 is 27.0. The summed E-state index contributed by atoms with van der Waals surface area (Å²) in [5.74, 6) is -0.253. The van der Waals surface area contributed by atoms with Crippen molar-refractivity contribution >= 4 is 15.9 Å². The second-order valence-corrected chi connectivity index (χ2v) is 6.82. The Bertz CT molecular complexity index is 359. The zero-order valence-corrected chi connectivity index (χ0v) is 10.6. The van der Waals surface area contributed by atoms with E-state index in [4.69, 9.17) is 10.5 Å². The van der Waals surface area contributed by atoms with Gasteiger partial charge in [-0.15, -0.1) is 0 Å². The fourth-order valence-corrected chi connectivity index (χ4v) is 3.09. The summed E-state index contributed by atoms with van der Waals surface area (Å²) in [5, 5.41) is 9.77. The number of sulfone groups is 1. The number of hydrogen-bond donors (Lipinski definition) is 2. The predicted octanol–water partition coefficient (Wildman–Crippen LogP) is 0.0460. The lowest BCUT2D eigenvalue weighted by Gasteiger charge is -2.30. The van der Waals surface area contributed by atoms with Gasteiger partial charge in [0.15, 0.2) is 0 Å². The van der Waals surface area contributed by atoms with Gasteiger partial charge in [0.25, 0.3) is 0 Å². The minimum Gasteiger partial charge on any atom is -0.446 e. The molecule has 1 fully saturated rings. The van der Waals surface area contributed by atoms with Gasteiger partial charge in [-0.3, -0.25) is 0 Å². The number of carbonyl (C=O) groups excluding carboxylic acids is 1. The van der Waals surface area contributed by atoms with Gasteiger partial charge < -0.3 is 15.6 Å². The molecule has 0 aromatic carbocycles. The first-order valence-corrected chi connectivity index (χ1v) is 7.66. The lowest BCUT2D eigenvalue weighted by atomic mass is 9.84. The van der Waals surface area contributed by atoms with Crippen LogP contribution in [0.1, 0.15) is 25.7 Å². The maximum Gasteiger partial charge on any atom is 0.404 e. The van der Waals surface area contributed by atoms with E-state index in [0.29, 0.717) is 25.7 Å². The molecule has 0 aliphatic heterocycles. The lowest BCUT2D eigenvalue weighted by molar-refractivity contribution is 0.0390. The zero-order chi connectivity index (χ0) is 13.1. The molecule has 0 saturated heterocycles. The molecule has 0 spiro atoms. The van der Waals surface area contributed by atoms with Crippen molar-refractivity contribution in [3.63, 3.8) is 0 Å². The van der Waals surface area contributed by atoms with Crippen LogP contribution in [0.25, 0.3) is 0 Å². The quantitative estimate of drug-likeness (QED) is 0.746. The van der Waals surface area contributed by atoms with E-state index in [-0.39, 0.29) is 17.8 Å². The minimum atomic E-state index is -3.16. The van der Waals surface area contributed by atoms with E-state index in [1.54, 1.807) is 0 Å². The Morgan fingerprint density at radius 1 is 1.41 bits per heavy atom. The number of nitrogens with two attached hydrogens (primary N) is 1. The Hall–Kier alpha value is -0.820. The van der Waals surface area contributed by atoms with Crippen LogP contribution in [-0.4, -0.2) is 43.8 Å². The molecule has 1 aliphatic carbocycles. The second kappa shape index (κ2) is 5.68. The molecule has 1 rings (SSSR count). The van der Waals surface area contributed by atoms with Crippen molar-refractivity contribution in [2.45, 2.75) is 37.9 Å². The third-order valence-corrected chi connectivity index (χ3v) is 3.97. The van der Waals surface area contributed by atoms with Crippen LogP contribution in [-0.2, 0) is 14.6 Å². The van der Waals surface area contributed by atoms with Crippen molar-refractivity contribution in [3.8, 4) is 0 Å². The van der Waals surface area contributed by atoms with E-state index < -0.39 is 22.0 Å². The van der Waals surface area contributed by atoms with Gasteiger partial charge in [0.2, 0.25) is 0 Å². The molecule has 0 bridgehead atoms. The number of primary amides is 1. The fraction of sp³-hybridized carbons (Fsp3) is 0.900. The smallest absolute Gasteiger partial charge is 0.404 e. The fourth-order valence-electron chi connectivity index (χ4n) is 2.20. The van der Waals surface area contributed by atoms with Crippen LogP contribution in [0, 0.1) is 5.92 Å². The molecule has 0 aromatic rings. The highest BCUT2D eigenvalue weighted by Gasteiger charge is 2.29. The molecule has 100 valence electrons. The number of ether oxygens (including phenoxy) is 1. The Morgan fingerprint density at radius 2 is 1.94 bits per heavy atom. The highest BCUT2D eigenvalue weighted by Crippen LogP contribution is 2.29. The van der Waals surface area contributed by atoms with Gasteiger partial charge in [0.1, 0.15) is 15.9 Å². The summed E-state index contributed by atoms with van der Waals surface area (Å²) in [6.07, 6.45) is 1.82. The van der Waals surface area contributed by atoms with Gasteiger partial charge in [-0.25, -0.2) is 13.2 Å². The Morgan fingerprint density at radius 3 is 2.35 bits per heavy atom. The highest BCUT2D eigenvalue weighted by atomic mass is 32.2. The van der Waals surface area contributed by atoms with Crippen LogP contribution in [0.5, 0.6) is 0 Å². The number of amides is 1. The largest absolute Gasteiger partial charge is 0.446 e. The molecular formula is C10H19NO5S. The van der Waals surface area contributed by atoms with Crippen molar-refractivity contribution in [2.75, 3.05) is 12.0 Å². The van der Waals surface area contributed by atoms with E-state index in [1.807, 2.05) is 0 Å². The average Bonchev–Trinajstić information content (AvgIpc) is 2.15. The molecule has 1 atom stereocenters. The number of rotatable bonds is 4. The van der Waals surface area contributed by atoms with Crippen LogP contribution in [0.3, 0.4) is 0 Å². The number of carbonyl (C=O) groups is 1. The summed E-state index contributed by atoms with van der Waals surface area (Å²) in [4.78, 5) is 10.5. The van der Waals surface area contributed by atoms with E-state index in [0.717, 1.165) is 6.26 Å². The molecule has 0 radical (unpaired) electrons. The maximum absolute atomic E-state index is 11.0. The van der Waals surface area contributed by atoms with Gasteiger partial charge in [0, 0.05) is 6.26 Å². The zero-order valence-electron chi connectivity index (χ0n) is 9.83. The van der Waals surface area contributed by atoms with E-state index in [2.05, 4.69) is 0 Å². The van der Waals surface area contributed by atoms with Crippen molar-refractivity contribution < 1.29 is 23.1 Å². The minimum absolute atomic E-state index is 0.0440. The summed E-state index contributed by atoms with van der Waals surface area (Å²) in [5.41, 5.74) is 4.91. The lowest BCUT2D eigenvalue weighted by Crippen LogP contribution is -2.34. The van der Waals surface area contributed by atoms with Gasteiger partial charge in [-0.2, -0.15) is 0 Å². The average molecular weight is 265 g/mol. The van der Waals surface area contributed by atoms with Crippen LogP contribution in [0.15, 0.2) is 0 Å². The first kappa shape index (κ1) is 14.2. The summed E-state index contributed by atoms with van der Waals surface area (Å²) >= 11 is 0. The Kier molecular flexibility index (Phi) is 4.76. The summed E-state index contributed by atoms with van der Waals surface area (Å²) in [6, 6.07) is 0. The van der Waals surface area contributed by atoms with E-state index >= 15 is 0 Å². The third kappa shape index (κ3) is 5.36. The van der Waals surface area contributed by atoms with Crippen LogP contribution in [0.4, 0.5) is 4.79 Å². The van der Waals surface area contributed by atoms with Gasteiger partial charge in [0.05, 0.1) is 11.9 Å². The van der Waals surface area contributed by atoms with Crippen LogP contribution in [0.2, 0.25) is 0 Å². The monoisotopic (exact) mass is 265 g/mol. The van der Waals surface area contributed by atoms with E-state index in [1.165, 1.54) is 0 Å². The van der Waals surface area contributed by atoms with Crippen molar-refractivity contribution in [3.05, 3.63) is 0 Å². The second-order valence-electron chi connectivity index (χ2n) is 4.63. The number of hydrogen-bond acceptors (Lipinski definition) is 5. The third-order valence-electron chi connectivity index (χ3n) is 3.02. The standard InChI is InChI=1S/C10H19NO5S/c1-17(14,15)6-9(12)7-2-4-8(5-3-7)16-10(11)13/h7-9,12H,2-6H2,1H3,(H2,11,13). The molecule has 0 heterocycles. The van der Waals surface area contributed by atoms with Crippen LogP contribution >= 0.6 is 0 Å². The molecule has 3 N–H and O–H groups in total. The first-order valence-electron chi connectivity index (χ1n) is 5.60. The topological polar surface area (TPSA) is 107 Å². The number of aliphatic hydroxyl groups is 1. The number of aliphatic hydroxyl groups excluding tert-OH is 1. The molecule has 1 aliphatic rings. The SMILES string of the molecule is CS(=O)(=O)CC(O)C1CCC(OC(N)=O)CC1. The first-order chi connectivity index (χ1) is 7.78. The molecule has 17 heavy (non-hydrogen) atoms. The predicted molar refractivity (Wildman–Crippen MR) is 62.1 cm³/mol. The van der Waals surface area contributed by atoms with E-state index in [9.17, 15) is 18.3 Å². The summed E-state index contributed by atoms with van der Waals surface area (Å²) in [7, 11) is -3.16. The highest BCUT2D eigenvalue weighted by molar-refractivity contribution is 7.90. The van der Waals surface area contributed by atoms with Crippen molar-refractivity contribution in [2.24, 2.45) is 11.7 Å². The Balaban J connectivity index is 2.38. The summed E-state index contributed by atoms with van der Waals surface area (Å²) in [6.45, 7) is 0. The molecule has 1 amide bonds. The molecule has 6 nitrogen and oxygen atoms in total. The molecule has 1 unspecified atom stereocenters. The van der Waals surface area contributed by atoms with Gasteiger partial charge in [-0.1, -0.05) is 0 Å². The van der Waals surface area contributed by atoms with Gasteiger partial charge in [-0.05, 0) is 31.6 Å². The Labute approximate surface area is 101 Å². The molecule has 7 heteroatoms. The normalized spacial score (nSPS) is 27.4. The van der Waals surface area contributed by atoms with Crippen molar-refractivity contribution in [1.82, 2.24) is 0 Å². The molecule has 1 saturated carbocycles. The van der Waals surface area contributed by atoms with Crippen molar-refractivity contribution in [1.29, 1.82) is 0 Å². The molecular weight excluding hydrogens is 246 g/mol. The van der Waals surface area contributed by atoms with Crippen LogP contribution < -0.4 is 5.73 Å². The maximum atomic E-state index is 11.0. The van der Waals surface area contributed by atoms with Gasteiger partial charge >= 0.3 is 6.09 Å². The molecule has 0 aromatic heterocycles.